The van der Waals surface area contributed by atoms with Crippen LogP contribution in [0.2, 0.25) is 18.6 Å². The highest BCUT2D eigenvalue weighted by atomic mass is 28.3. The normalized spacial score (nSPS) is 22.9. The molecular formula is C25H32BNO2Si. The standard InChI is InChI=1S/C25H32BNO2Si/c1-24(2)25(3,4)29-26(28-24)27-18-17-23(22(19-27)20-13-9-7-10-14-20)30(5,6)21-15-11-8-12-16-21/h7-19,23H,1-6H3. The smallest absolute Gasteiger partial charge is 0.384 e. The molecule has 0 radical (unpaired) electrons. The fourth-order valence-corrected chi connectivity index (χ4v) is 7.20. The van der Waals surface area contributed by atoms with Gasteiger partial charge in [-0.25, -0.2) is 0 Å². The molecule has 2 aromatic carbocycles. The second-order valence-corrected chi connectivity index (χ2v) is 14.5. The second kappa shape index (κ2) is 7.56. The fourth-order valence-electron chi connectivity index (χ4n) is 4.20. The molecule has 1 saturated heterocycles. The van der Waals surface area contributed by atoms with E-state index in [4.69, 9.17) is 9.31 Å². The fraction of sp³-hybridized carbons (Fsp3) is 0.360. The molecule has 0 saturated carbocycles. The molecule has 0 amide bonds. The van der Waals surface area contributed by atoms with E-state index in [1.807, 2.05) is 0 Å². The lowest BCUT2D eigenvalue weighted by atomic mass is 9.90. The van der Waals surface area contributed by atoms with Gasteiger partial charge in [-0.1, -0.05) is 85.0 Å². The maximum absolute atomic E-state index is 6.31. The molecule has 5 heteroatoms. The van der Waals surface area contributed by atoms with Crippen molar-refractivity contribution in [1.29, 1.82) is 0 Å². The summed E-state index contributed by atoms with van der Waals surface area (Å²) in [5.41, 5.74) is 2.22. The van der Waals surface area contributed by atoms with Gasteiger partial charge in [0.25, 0.3) is 0 Å². The Morgan fingerprint density at radius 2 is 1.37 bits per heavy atom. The van der Waals surface area contributed by atoms with E-state index in [0.29, 0.717) is 5.54 Å². The molecule has 2 aromatic rings. The van der Waals surface area contributed by atoms with Gasteiger partial charge in [0.2, 0.25) is 0 Å². The van der Waals surface area contributed by atoms with Gasteiger partial charge in [-0.2, -0.15) is 0 Å². The molecule has 0 aromatic heterocycles. The highest BCUT2D eigenvalue weighted by molar-refractivity contribution is 6.92. The van der Waals surface area contributed by atoms with Crippen LogP contribution in [0, 0.1) is 0 Å². The molecule has 2 heterocycles. The number of nitrogens with zero attached hydrogens (tertiary/aromatic N) is 1. The first kappa shape index (κ1) is 21.2. The van der Waals surface area contributed by atoms with E-state index < -0.39 is 15.3 Å². The van der Waals surface area contributed by atoms with Gasteiger partial charge in [0.05, 0.1) is 19.3 Å². The molecule has 156 valence electrons. The quantitative estimate of drug-likeness (QED) is 0.619. The molecular weight excluding hydrogens is 385 g/mol. The Hall–Kier alpha value is -2.08. The number of benzene rings is 2. The van der Waals surface area contributed by atoms with Crippen molar-refractivity contribution in [2.75, 3.05) is 0 Å². The van der Waals surface area contributed by atoms with E-state index in [1.54, 1.807) is 0 Å². The first-order valence-corrected chi connectivity index (χ1v) is 13.8. The minimum absolute atomic E-state index is 0.360. The molecule has 0 spiro atoms. The molecule has 0 bridgehead atoms. The van der Waals surface area contributed by atoms with Crippen LogP contribution in [0.25, 0.3) is 5.57 Å². The average Bonchev–Trinajstić information content (AvgIpc) is 2.96. The Labute approximate surface area is 182 Å². The number of rotatable bonds is 4. The summed E-state index contributed by atoms with van der Waals surface area (Å²) < 4.78 is 12.6. The van der Waals surface area contributed by atoms with E-state index in [1.165, 1.54) is 16.3 Å². The average molecular weight is 417 g/mol. The maximum Gasteiger partial charge on any atom is 0.598 e. The van der Waals surface area contributed by atoms with Crippen LogP contribution in [-0.2, 0) is 9.31 Å². The number of hydrogen-bond donors (Lipinski definition) is 0. The lowest BCUT2D eigenvalue weighted by molar-refractivity contribution is 0.00578. The lowest BCUT2D eigenvalue weighted by Gasteiger charge is -2.37. The predicted octanol–water partition coefficient (Wildman–Crippen LogP) is 5.43. The van der Waals surface area contributed by atoms with E-state index in [0.717, 1.165) is 0 Å². The van der Waals surface area contributed by atoms with Crippen LogP contribution in [0.4, 0.5) is 0 Å². The summed E-state index contributed by atoms with van der Waals surface area (Å²) in [4.78, 5) is 2.09. The van der Waals surface area contributed by atoms with Crippen molar-refractivity contribution < 1.29 is 9.31 Å². The Morgan fingerprint density at radius 1 is 0.833 bits per heavy atom. The second-order valence-electron chi connectivity index (χ2n) is 9.87. The summed E-state index contributed by atoms with van der Waals surface area (Å²) in [7, 11) is -2.24. The van der Waals surface area contributed by atoms with Crippen molar-refractivity contribution in [1.82, 2.24) is 4.81 Å². The van der Waals surface area contributed by atoms with Crippen LogP contribution < -0.4 is 5.19 Å². The summed E-state index contributed by atoms with van der Waals surface area (Å²) in [5.74, 6) is 0. The zero-order valence-electron chi connectivity index (χ0n) is 18.9. The number of allylic oxidation sites excluding steroid dienone is 2. The van der Waals surface area contributed by atoms with Gasteiger partial charge in [-0.15, -0.1) is 0 Å². The van der Waals surface area contributed by atoms with Gasteiger partial charge in [-0.3, -0.25) is 0 Å². The third-order valence-corrected chi connectivity index (χ3v) is 10.8. The van der Waals surface area contributed by atoms with Crippen molar-refractivity contribution in [3.8, 4) is 0 Å². The Morgan fingerprint density at radius 3 is 1.93 bits per heavy atom. The third kappa shape index (κ3) is 3.70. The van der Waals surface area contributed by atoms with E-state index in [-0.39, 0.29) is 11.2 Å². The van der Waals surface area contributed by atoms with Gasteiger partial charge in [0.15, 0.2) is 0 Å². The largest absolute Gasteiger partial charge is 0.598 e. The molecule has 1 unspecified atom stereocenters. The molecule has 1 atom stereocenters. The summed E-state index contributed by atoms with van der Waals surface area (Å²) >= 11 is 0. The van der Waals surface area contributed by atoms with E-state index in [9.17, 15) is 0 Å². The van der Waals surface area contributed by atoms with Gasteiger partial charge in [0, 0.05) is 5.54 Å². The molecule has 1 fully saturated rings. The van der Waals surface area contributed by atoms with Gasteiger partial charge < -0.3 is 14.1 Å². The van der Waals surface area contributed by atoms with Crippen LogP contribution in [0.15, 0.2) is 79.1 Å². The summed E-state index contributed by atoms with van der Waals surface area (Å²) in [6, 6.07) is 21.7. The Kier molecular flexibility index (Phi) is 5.33. The van der Waals surface area contributed by atoms with Crippen LogP contribution in [0.5, 0.6) is 0 Å². The van der Waals surface area contributed by atoms with Crippen LogP contribution in [0.1, 0.15) is 33.3 Å². The van der Waals surface area contributed by atoms with Gasteiger partial charge in [0.1, 0.15) is 0 Å². The molecule has 3 nitrogen and oxygen atoms in total. The maximum atomic E-state index is 6.31. The van der Waals surface area contributed by atoms with Crippen molar-refractivity contribution in [2.45, 2.75) is 57.5 Å². The summed E-state index contributed by atoms with van der Waals surface area (Å²) in [5, 5.41) is 1.46. The van der Waals surface area contributed by atoms with Crippen LogP contribution >= 0.6 is 0 Å². The topological polar surface area (TPSA) is 21.7 Å². The van der Waals surface area contributed by atoms with Crippen molar-refractivity contribution in [2.24, 2.45) is 0 Å². The minimum atomic E-state index is -1.81. The Bertz CT molecular complexity index is 938. The van der Waals surface area contributed by atoms with Crippen molar-refractivity contribution in [3.05, 3.63) is 84.7 Å². The lowest BCUT2D eigenvalue weighted by Crippen LogP contribution is -2.47. The van der Waals surface area contributed by atoms with E-state index >= 15 is 0 Å². The van der Waals surface area contributed by atoms with Crippen molar-refractivity contribution >= 4 is 26.1 Å². The van der Waals surface area contributed by atoms with Crippen LogP contribution in [-0.4, -0.2) is 31.3 Å². The van der Waals surface area contributed by atoms with Gasteiger partial charge in [-0.05, 0) is 51.2 Å². The molecule has 4 rings (SSSR count). The zero-order chi connectivity index (χ0) is 21.6. The molecule has 2 aliphatic rings. The zero-order valence-corrected chi connectivity index (χ0v) is 19.9. The van der Waals surface area contributed by atoms with Crippen LogP contribution in [0.3, 0.4) is 0 Å². The molecule has 30 heavy (non-hydrogen) atoms. The SMILES string of the molecule is CC1(C)OB(N2C=CC([Si](C)(C)c3ccccc3)C(c3ccccc3)=C2)OC1(C)C. The predicted molar refractivity (Wildman–Crippen MR) is 129 cm³/mol. The highest BCUT2D eigenvalue weighted by Gasteiger charge is 2.54. The summed E-state index contributed by atoms with van der Waals surface area (Å²) in [6.45, 7) is 13.3. The highest BCUT2D eigenvalue weighted by Crippen LogP contribution is 2.43. The minimum Gasteiger partial charge on any atom is -0.384 e. The molecule has 2 aliphatic heterocycles. The van der Waals surface area contributed by atoms with Crippen molar-refractivity contribution in [3.63, 3.8) is 0 Å². The first-order chi connectivity index (χ1) is 14.1. The number of hydrogen-bond acceptors (Lipinski definition) is 3. The summed E-state index contributed by atoms with van der Waals surface area (Å²) in [6.07, 6.45) is 6.74. The third-order valence-electron chi connectivity index (χ3n) is 6.96. The van der Waals surface area contributed by atoms with Gasteiger partial charge >= 0.3 is 7.25 Å². The van der Waals surface area contributed by atoms with E-state index in [2.05, 4.69) is 125 Å². The first-order valence-electron chi connectivity index (χ1n) is 10.8. The molecule has 0 N–H and O–H groups in total. The monoisotopic (exact) mass is 417 g/mol. The Balaban J connectivity index is 1.72. The molecule has 0 aliphatic carbocycles.